The van der Waals surface area contributed by atoms with Gasteiger partial charge in [0.1, 0.15) is 5.82 Å². The fraction of sp³-hybridized carbons (Fsp3) is 0.167. The van der Waals surface area contributed by atoms with E-state index < -0.39 is 50.4 Å². The van der Waals surface area contributed by atoms with Gasteiger partial charge in [-0.2, -0.15) is 8.78 Å². The highest BCUT2D eigenvalue weighted by Crippen LogP contribution is 2.36. The lowest BCUT2D eigenvalue weighted by Crippen LogP contribution is -2.12. The number of halogens is 3. The maximum atomic E-state index is 13.7. The Labute approximate surface area is 179 Å². The second kappa shape index (κ2) is 10.00. The third-order valence-electron chi connectivity index (χ3n) is 3.67. The van der Waals surface area contributed by atoms with Gasteiger partial charge < -0.3 is 14.8 Å². The van der Waals surface area contributed by atoms with Crippen LogP contribution in [-0.4, -0.2) is 39.2 Å². The molecule has 2 aromatic carbocycles. The van der Waals surface area contributed by atoms with Crippen LogP contribution in [0.5, 0.6) is 11.5 Å². The average molecular weight is 475 g/mol. The van der Waals surface area contributed by atoms with Crippen molar-refractivity contribution in [2.45, 2.75) is 6.61 Å². The number of nitrogens with zero attached hydrogens (tertiary/aromatic N) is 1. The fourth-order valence-electron chi connectivity index (χ4n) is 2.43. The molecule has 32 heavy (non-hydrogen) atoms. The number of rotatable bonds is 9. The smallest absolute Gasteiger partial charge is 0.387 e. The zero-order chi connectivity index (χ0) is 24.1. The summed E-state index contributed by atoms with van der Waals surface area (Å²) >= 11 is 0. The number of carbonyl (C=O) groups is 1. The summed E-state index contributed by atoms with van der Waals surface area (Å²) in [6.07, 6.45) is 2.74. The first-order valence-electron chi connectivity index (χ1n) is 8.47. The Kier molecular flexibility index (Phi) is 7.64. The van der Waals surface area contributed by atoms with Crippen LogP contribution in [0.3, 0.4) is 0 Å². The summed E-state index contributed by atoms with van der Waals surface area (Å²) in [7, 11) is -2.64. The highest BCUT2D eigenvalue weighted by molar-refractivity contribution is 7.92. The van der Waals surface area contributed by atoms with Crippen molar-refractivity contribution in [2.75, 3.05) is 23.4 Å². The molecule has 2 aromatic rings. The molecule has 2 N–H and O–H groups in total. The van der Waals surface area contributed by atoms with Gasteiger partial charge in [0, 0.05) is 11.8 Å². The number of alkyl halides is 2. The molecule has 0 aliphatic heterocycles. The number of sulfonamides is 1. The van der Waals surface area contributed by atoms with E-state index in [1.807, 2.05) is 4.72 Å². The molecule has 1 amide bonds. The maximum Gasteiger partial charge on any atom is 0.387 e. The Morgan fingerprint density at radius 1 is 1.22 bits per heavy atom. The number of methoxy groups -OCH3 is 1. The lowest BCUT2D eigenvalue weighted by molar-refractivity contribution is -0.385. The summed E-state index contributed by atoms with van der Waals surface area (Å²) in [6, 6.07) is 4.88. The van der Waals surface area contributed by atoms with E-state index in [9.17, 15) is 36.5 Å². The second-order valence-corrected chi connectivity index (χ2v) is 7.84. The molecule has 0 aliphatic carbocycles. The molecular formula is C18H16F3N3O7S. The molecule has 172 valence electrons. The molecule has 0 atom stereocenters. The van der Waals surface area contributed by atoms with Gasteiger partial charge in [0.2, 0.25) is 15.9 Å². The summed E-state index contributed by atoms with van der Waals surface area (Å²) < 4.78 is 72.3. The van der Waals surface area contributed by atoms with E-state index in [2.05, 4.69) is 10.1 Å². The van der Waals surface area contributed by atoms with Crippen molar-refractivity contribution in [3.63, 3.8) is 0 Å². The highest BCUT2D eigenvalue weighted by atomic mass is 32.2. The Hall–Kier alpha value is -3.81. The topological polar surface area (TPSA) is 137 Å². The molecule has 0 radical (unpaired) electrons. The predicted molar refractivity (Wildman–Crippen MR) is 109 cm³/mol. The van der Waals surface area contributed by atoms with Crippen molar-refractivity contribution in [1.29, 1.82) is 0 Å². The van der Waals surface area contributed by atoms with Crippen LogP contribution in [0.2, 0.25) is 0 Å². The summed E-state index contributed by atoms with van der Waals surface area (Å²) in [5, 5.41) is 13.6. The van der Waals surface area contributed by atoms with Crippen LogP contribution >= 0.6 is 0 Å². The number of nitrogens with one attached hydrogen (secondary N) is 2. The second-order valence-electron chi connectivity index (χ2n) is 6.09. The van der Waals surface area contributed by atoms with E-state index in [4.69, 9.17) is 4.74 Å². The van der Waals surface area contributed by atoms with E-state index >= 15 is 0 Å². The summed E-state index contributed by atoms with van der Waals surface area (Å²) in [5.74, 6) is -2.47. The number of nitro groups is 1. The van der Waals surface area contributed by atoms with Crippen LogP contribution in [0.25, 0.3) is 6.08 Å². The first-order chi connectivity index (χ1) is 14.9. The van der Waals surface area contributed by atoms with Crippen molar-refractivity contribution in [3.05, 3.63) is 57.9 Å². The number of ether oxygens (including phenoxy) is 2. The van der Waals surface area contributed by atoms with Crippen molar-refractivity contribution in [2.24, 2.45) is 0 Å². The molecule has 0 spiro atoms. The molecule has 0 aromatic heterocycles. The van der Waals surface area contributed by atoms with Crippen LogP contribution in [0.4, 0.5) is 30.2 Å². The number of hydrogen-bond acceptors (Lipinski definition) is 7. The van der Waals surface area contributed by atoms with Crippen LogP contribution in [0.15, 0.2) is 36.4 Å². The first kappa shape index (κ1) is 24.5. The van der Waals surface area contributed by atoms with Crippen LogP contribution in [0.1, 0.15) is 5.56 Å². The minimum absolute atomic E-state index is 0.0277. The SMILES string of the molecule is COc1cc(/C=C/C(=O)Nc2ccc(F)c(NS(C)(=O)=O)c2)c([N+](=O)[O-])cc1OC(F)F. The molecule has 0 heterocycles. The van der Waals surface area contributed by atoms with E-state index in [0.29, 0.717) is 0 Å². The van der Waals surface area contributed by atoms with Gasteiger partial charge in [0.15, 0.2) is 11.5 Å². The molecule has 0 bridgehead atoms. The Bertz CT molecular complexity index is 1170. The number of anilines is 2. The molecule has 2 rings (SSSR count). The van der Waals surface area contributed by atoms with E-state index in [0.717, 1.165) is 55.8 Å². The number of hydrogen-bond donors (Lipinski definition) is 2. The Balaban J connectivity index is 2.28. The monoisotopic (exact) mass is 475 g/mol. The molecule has 0 aliphatic rings. The predicted octanol–water partition coefficient (Wildman–Crippen LogP) is 3.37. The quantitative estimate of drug-likeness (QED) is 0.322. The largest absolute Gasteiger partial charge is 0.493 e. The minimum Gasteiger partial charge on any atom is -0.493 e. The summed E-state index contributed by atoms with van der Waals surface area (Å²) in [4.78, 5) is 22.6. The van der Waals surface area contributed by atoms with Crippen molar-refractivity contribution >= 4 is 39.1 Å². The molecule has 0 saturated carbocycles. The molecule has 14 heteroatoms. The maximum absolute atomic E-state index is 13.7. The van der Waals surface area contributed by atoms with Crippen molar-refractivity contribution < 1.29 is 40.8 Å². The Morgan fingerprint density at radius 3 is 2.47 bits per heavy atom. The van der Waals surface area contributed by atoms with Crippen LogP contribution in [-0.2, 0) is 14.8 Å². The van der Waals surface area contributed by atoms with E-state index in [-0.39, 0.29) is 17.0 Å². The van der Waals surface area contributed by atoms with Gasteiger partial charge in [-0.3, -0.25) is 19.6 Å². The summed E-state index contributed by atoms with van der Waals surface area (Å²) in [5.41, 5.74) is -1.15. The molecular weight excluding hydrogens is 459 g/mol. The zero-order valence-corrected chi connectivity index (χ0v) is 17.3. The van der Waals surface area contributed by atoms with Gasteiger partial charge in [-0.15, -0.1) is 0 Å². The third kappa shape index (κ3) is 6.87. The van der Waals surface area contributed by atoms with E-state index in [1.165, 1.54) is 0 Å². The number of nitro benzene ring substituents is 1. The molecule has 0 fully saturated rings. The highest BCUT2D eigenvalue weighted by Gasteiger charge is 2.20. The number of carbonyl (C=O) groups excluding carboxylic acids is 1. The normalized spacial score (nSPS) is 11.4. The van der Waals surface area contributed by atoms with Crippen molar-refractivity contribution in [3.8, 4) is 11.5 Å². The lowest BCUT2D eigenvalue weighted by atomic mass is 10.1. The minimum atomic E-state index is -3.77. The van der Waals surface area contributed by atoms with Gasteiger partial charge in [0.05, 0.1) is 35.6 Å². The number of amides is 1. The lowest BCUT2D eigenvalue weighted by Gasteiger charge is -2.11. The van der Waals surface area contributed by atoms with Gasteiger partial charge in [-0.1, -0.05) is 0 Å². The fourth-order valence-corrected chi connectivity index (χ4v) is 2.99. The zero-order valence-electron chi connectivity index (χ0n) is 16.5. The third-order valence-corrected chi connectivity index (χ3v) is 4.26. The van der Waals surface area contributed by atoms with Crippen LogP contribution < -0.4 is 19.5 Å². The molecule has 0 unspecified atom stereocenters. The van der Waals surface area contributed by atoms with Gasteiger partial charge in [0.25, 0.3) is 5.69 Å². The number of benzene rings is 2. The molecule has 10 nitrogen and oxygen atoms in total. The standard InChI is InChI=1S/C18H16F3N3O7S/c1-30-15-7-10(14(24(26)27)9-16(15)31-18(20)21)3-6-17(25)22-11-4-5-12(19)13(8-11)23-32(2,28)29/h3-9,18,23H,1-2H3,(H,22,25)/b6-3+. The van der Waals surface area contributed by atoms with Gasteiger partial charge >= 0.3 is 6.61 Å². The first-order valence-corrected chi connectivity index (χ1v) is 10.4. The Morgan fingerprint density at radius 2 is 1.91 bits per heavy atom. The van der Waals surface area contributed by atoms with E-state index in [1.54, 1.807) is 0 Å². The van der Waals surface area contributed by atoms with Gasteiger partial charge in [-0.05, 0) is 30.3 Å². The average Bonchev–Trinajstić information content (AvgIpc) is 2.67. The summed E-state index contributed by atoms with van der Waals surface area (Å²) in [6.45, 7) is -3.24. The van der Waals surface area contributed by atoms with Crippen LogP contribution in [0, 0.1) is 15.9 Å². The van der Waals surface area contributed by atoms with Gasteiger partial charge in [-0.25, -0.2) is 12.8 Å². The van der Waals surface area contributed by atoms with Crippen molar-refractivity contribution in [1.82, 2.24) is 0 Å². The molecule has 0 saturated heterocycles.